The normalized spacial score (nSPS) is 17.8. The molecular weight excluding hydrogens is 356 g/mol. The van der Waals surface area contributed by atoms with Gasteiger partial charge in [-0.1, -0.05) is 34.1 Å². The van der Waals surface area contributed by atoms with Crippen LogP contribution < -0.4 is 0 Å². The molecule has 1 fully saturated rings. The molecule has 1 aromatic carbocycles. The summed E-state index contributed by atoms with van der Waals surface area (Å²) in [5, 5.41) is 0. The highest BCUT2D eigenvalue weighted by atomic mass is 79.9. The number of fused-ring (bicyclic) bond motifs is 1. The quantitative estimate of drug-likeness (QED) is 0.693. The van der Waals surface area contributed by atoms with Crippen LogP contribution in [-0.2, 0) is 0 Å². The molecule has 3 heterocycles. The van der Waals surface area contributed by atoms with Crippen LogP contribution in [0.2, 0.25) is 0 Å². The van der Waals surface area contributed by atoms with Gasteiger partial charge in [0, 0.05) is 23.4 Å². The first-order valence-corrected chi connectivity index (χ1v) is 8.37. The van der Waals surface area contributed by atoms with Crippen molar-refractivity contribution in [3.8, 4) is 0 Å². The number of imidazole rings is 1. The van der Waals surface area contributed by atoms with Crippen LogP contribution in [0, 0.1) is 0 Å². The van der Waals surface area contributed by atoms with Crippen LogP contribution in [0.4, 0.5) is 0 Å². The fourth-order valence-corrected chi connectivity index (χ4v) is 3.78. The second-order valence-electron chi connectivity index (χ2n) is 5.63. The number of likely N-dealkylation sites (tertiary alicyclic amines) is 1. The lowest BCUT2D eigenvalue weighted by molar-refractivity contribution is 0.0728. The van der Waals surface area contributed by atoms with Gasteiger partial charge < -0.3 is 4.90 Å². The summed E-state index contributed by atoms with van der Waals surface area (Å²) in [6.07, 6.45) is 8.73. The fourth-order valence-electron chi connectivity index (χ4n) is 3.23. The topological polar surface area (TPSA) is 50.5 Å². The first-order valence-electron chi connectivity index (χ1n) is 7.58. The van der Waals surface area contributed by atoms with Crippen LogP contribution in [0.15, 0.2) is 53.5 Å². The van der Waals surface area contributed by atoms with Crippen molar-refractivity contribution in [3.05, 3.63) is 64.8 Å². The van der Waals surface area contributed by atoms with Gasteiger partial charge in [-0.05, 0) is 24.5 Å². The average Bonchev–Trinajstić information content (AvgIpc) is 3.22. The molecule has 4 rings (SSSR count). The van der Waals surface area contributed by atoms with E-state index in [0.29, 0.717) is 11.3 Å². The van der Waals surface area contributed by atoms with Crippen LogP contribution in [0.25, 0.3) is 5.65 Å². The number of carbonyl (C=O) groups is 1. The number of aromatic nitrogens is 3. The Morgan fingerprint density at radius 1 is 1.26 bits per heavy atom. The Balaban J connectivity index is 1.71. The largest absolute Gasteiger partial charge is 0.330 e. The molecular formula is C17H15BrN4O. The van der Waals surface area contributed by atoms with Crippen LogP contribution >= 0.6 is 15.9 Å². The summed E-state index contributed by atoms with van der Waals surface area (Å²) in [6, 6.07) is 8.22. The summed E-state index contributed by atoms with van der Waals surface area (Å²) >= 11 is 3.61. The number of rotatable bonds is 2. The molecule has 0 saturated carbocycles. The van der Waals surface area contributed by atoms with Crippen LogP contribution in [0.5, 0.6) is 0 Å². The number of hydrogen-bond acceptors (Lipinski definition) is 3. The van der Waals surface area contributed by atoms with Gasteiger partial charge >= 0.3 is 0 Å². The van der Waals surface area contributed by atoms with Crippen molar-refractivity contribution in [2.45, 2.75) is 18.9 Å². The minimum atomic E-state index is 0.0157. The monoisotopic (exact) mass is 370 g/mol. The molecule has 5 nitrogen and oxygen atoms in total. The molecule has 1 aliphatic rings. The molecule has 116 valence electrons. The number of benzene rings is 1. The molecule has 6 heteroatoms. The highest BCUT2D eigenvalue weighted by Crippen LogP contribution is 2.36. The molecule has 0 aliphatic carbocycles. The highest BCUT2D eigenvalue weighted by Gasteiger charge is 2.32. The van der Waals surface area contributed by atoms with Gasteiger partial charge in [-0.3, -0.25) is 14.2 Å². The van der Waals surface area contributed by atoms with Gasteiger partial charge in [0.25, 0.3) is 5.91 Å². The lowest BCUT2D eigenvalue weighted by Gasteiger charge is -2.25. The number of nitrogens with zero attached hydrogens (tertiary/aromatic N) is 4. The van der Waals surface area contributed by atoms with Gasteiger partial charge in [-0.15, -0.1) is 0 Å². The Bertz CT molecular complexity index is 876. The molecule has 0 N–H and O–H groups in total. The summed E-state index contributed by atoms with van der Waals surface area (Å²) in [5.41, 5.74) is 2.43. The summed E-state index contributed by atoms with van der Waals surface area (Å²) in [7, 11) is 0. The second kappa shape index (κ2) is 5.77. The Morgan fingerprint density at radius 2 is 2.13 bits per heavy atom. The van der Waals surface area contributed by atoms with E-state index >= 15 is 0 Å². The predicted octanol–water partition coefficient (Wildman–Crippen LogP) is 3.47. The Labute approximate surface area is 142 Å². The van der Waals surface area contributed by atoms with Crippen molar-refractivity contribution in [2.24, 2.45) is 0 Å². The van der Waals surface area contributed by atoms with Gasteiger partial charge in [0.15, 0.2) is 5.65 Å². The highest BCUT2D eigenvalue weighted by molar-refractivity contribution is 9.10. The fraction of sp³-hybridized carbons (Fsp3) is 0.235. The van der Waals surface area contributed by atoms with Crippen molar-refractivity contribution < 1.29 is 4.79 Å². The van der Waals surface area contributed by atoms with Gasteiger partial charge in [0.1, 0.15) is 5.69 Å². The van der Waals surface area contributed by atoms with Gasteiger partial charge in [-0.2, -0.15) is 0 Å². The molecule has 0 radical (unpaired) electrons. The number of carbonyl (C=O) groups excluding carboxylic acids is 1. The van der Waals surface area contributed by atoms with Crippen LogP contribution in [0.1, 0.15) is 34.9 Å². The van der Waals surface area contributed by atoms with Gasteiger partial charge in [0.05, 0.1) is 18.4 Å². The van der Waals surface area contributed by atoms with E-state index in [2.05, 4.69) is 32.0 Å². The zero-order valence-electron chi connectivity index (χ0n) is 12.4. The molecule has 3 aromatic rings. The molecule has 1 amide bonds. The Hall–Kier alpha value is -2.21. The summed E-state index contributed by atoms with van der Waals surface area (Å²) < 4.78 is 2.84. The summed E-state index contributed by atoms with van der Waals surface area (Å²) in [6.45, 7) is 0.767. The predicted molar refractivity (Wildman–Crippen MR) is 90.1 cm³/mol. The van der Waals surface area contributed by atoms with E-state index in [0.717, 1.165) is 29.4 Å². The van der Waals surface area contributed by atoms with E-state index in [1.54, 1.807) is 29.2 Å². The second-order valence-corrected chi connectivity index (χ2v) is 6.48. The van der Waals surface area contributed by atoms with Crippen molar-refractivity contribution in [1.82, 2.24) is 19.3 Å². The van der Waals surface area contributed by atoms with E-state index in [-0.39, 0.29) is 11.9 Å². The smallest absolute Gasteiger partial charge is 0.273 e. The maximum atomic E-state index is 13.0. The number of halogens is 1. The van der Waals surface area contributed by atoms with Crippen molar-refractivity contribution in [3.63, 3.8) is 0 Å². The number of hydrogen-bond donors (Lipinski definition) is 0. The van der Waals surface area contributed by atoms with E-state index in [9.17, 15) is 4.79 Å². The van der Waals surface area contributed by atoms with Crippen LogP contribution in [-0.4, -0.2) is 31.7 Å². The molecule has 0 bridgehead atoms. The SMILES string of the molecule is O=C(c1cnc2cnccn12)N1CCCC1c1ccccc1Br. The van der Waals surface area contributed by atoms with Crippen LogP contribution in [0.3, 0.4) is 0 Å². The zero-order valence-corrected chi connectivity index (χ0v) is 14.0. The first kappa shape index (κ1) is 14.4. The first-order chi connectivity index (χ1) is 11.3. The molecule has 23 heavy (non-hydrogen) atoms. The maximum absolute atomic E-state index is 13.0. The van der Waals surface area contributed by atoms with Crippen molar-refractivity contribution in [2.75, 3.05) is 6.54 Å². The Kier molecular flexibility index (Phi) is 3.61. The third kappa shape index (κ3) is 2.43. The van der Waals surface area contributed by atoms with Crippen molar-refractivity contribution >= 4 is 27.5 Å². The van der Waals surface area contributed by atoms with Gasteiger partial charge in [0.2, 0.25) is 0 Å². The maximum Gasteiger partial charge on any atom is 0.273 e. The molecule has 2 aromatic heterocycles. The molecule has 0 spiro atoms. The molecule has 1 aliphatic heterocycles. The lowest BCUT2D eigenvalue weighted by Crippen LogP contribution is -2.31. The van der Waals surface area contributed by atoms with E-state index in [1.807, 2.05) is 23.1 Å². The standard InChI is InChI=1S/C17H15BrN4O/c18-13-5-2-1-4-12(13)14-6-3-8-22(14)17(23)15-10-20-16-11-19-7-9-21(15)16/h1-2,4-5,7,9-11,14H,3,6,8H2. The van der Waals surface area contributed by atoms with E-state index < -0.39 is 0 Å². The molecule has 1 unspecified atom stereocenters. The minimum absolute atomic E-state index is 0.0157. The summed E-state index contributed by atoms with van der Waals surface area (Å²) in [4.78, 5) is 23.3. The Morgan fingerprint density at radius 3 is 3.00 bits per heavy atom. The third-order valence-corrected chi connectivity index (χ3v) is 5.04. The molecule has 1 saturated heterocycles. The van der Waals surface area contributed by atoms with E-state index in [1.165, 1.54) is 0 Å². The zero-order chi connectivity index (χ0) is 15.8. The van der Waals surface area contributed by atoms with E-state index in [4.69, 9.17) is 0 Å². The van der Waals surface area contributed by atoms with Gasteiger partial charge in [-0.25, -0.2) is 4.98 Å². The summed E-state index contributed by atoms with van der Waals surface area (Å²) in [5.74, 6) is 0.0157. The lowest BCUT2D eigenvalue weighted by atomic mass is 10.0. The average molecular weight is 371 g/mol. The third-order valence-electron chi connectivity index (χ3n) is 4.31. The van der Waals surface area contributed by atoms with Crippen molar-refractivity contribution in [1.29, 1.82) is 0 Å². The molecule has 1 atom stereocenters. The minimum Gasteiger partial charge on any atom is -0.330 e. The number of amides is 1.